The highest BCUT2D eigenvalue weighted by Gasteiger charge is 2.21. The molecule has 0 saturated carbocycles. The van der Waals surface area contributed by atoms with Crippen LogP contribution in [0.15, 0.2) is 77.7 Å². The molecule has 3 aromatic rings. The summed E-state index contributed by atoms with van der Waals surface area (Å²) in [4.78, 5) is 12.8. The lowest BCUT2D eigenvalue weighted by Gasteiger charge is -2.18. The van der Waals surface area contributed by atoms with Crippen LogP contribution >= 0.6 is 0 Å². The summed E-state index contributed by atoms with van der Waals surface area (Å²) in [6.45, 7) is 3.91. The molecule has 0 fully saturated rings. The molecule has 0 radical (unpaired) electrons. The van der Waals surface area contributed by atoms with Gasteiger partial charge in [-0.25, -0.2) is 12.8 Å². The van der Waals surface area contributed by atoms with E-state index < -0.39 is 10.0 Å². The highest BCUT2D eigenvalue weighted by atomic mass is 32.2. The number of benzene rings is 3. The number of hydrogen-bond donors (Lipinski definition) is 1. The first-order valence-electron chi connectivity index (χ1n) is 9.85. The fourth-order valence-corrected chi connectivity index (χ4v) is 4.27. The number of amides is 1. The lowest BCUT2D eigenvalue weighted by molar-refractivity contribution is 0.0940. The number of halogens is 1. The molecule has 0 saturated heterocycles. The van der Waals surface area contributed by atoms with Gasteiger partial charge in [0, 0.05) is 19.2 Å². The van der Waals surface area contributed by atoms with Gasteiger partial charge in [0.15, 0.2) is 0 Å². The molecule has 0 aliphatic rings. The van der Waals surface area contributed by atoms with Crippen molar-refractivity contribution >= 4 is 15.9 Å². The summed E-state index contributed by atoms with van der Waals surface area (Å²) in [5.41, 5.74) is 3.02. The van der Waals surface area contributed by atoms with Gasteiger partial charge in [-0.15, -0.1) is 0 Å². The summed E-state index contributed by atoms with van der Waals surface area (Å²) in [5.74, 6) is -0.587. The number of carbonyl (C=O) groups is 1. The lowest BCUT2D eigenvalue weighted by Crippen LogP contribution is -2.27. The van der Waals surface area contributed by atoms with Crippen molar-refractivity contribution in [1.29, 1.82) is 0 Å². The number of hydrogen-bond acceptors (Lipinski definition) is 3. The van der Waals surface area contributed by atoms with Crippen LogP contribution in [0.25, 0.3) is 0 Å². The van der Waals surface area contributed by atoms with E-state index in [4.69, 9.17) is 0 Å². The predicted molar refractivity (Wildman–Crippen MR) is 119 cm³/mol. The van der Waals surface area contributed by atoms with Crippen LogP contribution in [0.5, 0.6) is 0 Å². The van der Waals surface area contributed by atoms with Crippen LogP contribution in [0, 0.1) is 12.7 Å². The van der Waals surface area contributed by atoms with Gasteiger partial charge in [-0.2, -0.15) is 4.31 Å². The molecule has 1 N–H and O–H groups in total. The maximum Gasteiger partial charge on any atom is 0.251 e. The molecule has 31 heavy (non-hydrogen) atoms. The first kappa shape index (κ1) is 22.7. The summed E-state index contributed by atoms with van der Waals surface area (Å²) in [6.07, 6.45) is 0. The molecule has 3 aromatic carbocycles. The number of nitrogens with one attached hydrogen (secondary N) is 1. The number of rotatable bonds is 7. The summed E-state index contributed by atoms with van der Waals surface area (Å²) >= 11 is 0. The fourth-order valence-electron chi connectivity index (χ4n) is 3.11. The molecular formula is C24H25FN2O3S. The molecule has 1 atom stereocenters. The quantitative estimate of drug-likeness (QED) is 0.590. The Morgan fingerprint density at radius 3 is 2.13 bits per heavy atom. The van der Waals surface area contributed by atoms with E-state index in [0.29, 0.717) is 5.56 Å². The molecule has 0 unspecified atom stereocenters. The minimum Gasteiger partial charge on any atom is -0.346 e. The maximum absolute atomic E-state index is 13.1. The summed E-state index contributed by atoms with van der Waals surface area (Å²) < 4.78 is 39.8. The number of sulfonamides is 1. The van der Waals surface area contributed by atoms with Gasteiger partial charge in [-0.1, -0.05) is 42.0 Å². The maximum atomic E-state index is 13.1. The van der Waals surface area contributed by atoms with Crippen molar-refractivity contribution in [1.82, 2.24) is 9.62 Å². The van der Waals surface area contributed by atoms with Crippen molar-refractivity contribution in [3.63, 3.8) is 0 Å². The van der Waals surface area contributed by atoms with Crippen molar-refractivity contribution in [2.45, 2.75) is 31.3 Å². The fraction of sp³-hybridized carbons (Fsp3) is 0.208. The third kappa shape index (κ3) is 5.57. The average Bonchev–Trinajstić information content (AvgIpc) is 2.75. The van der Waals surface area contributed by atoms with Crippen LogP contribution < -0.4 is 5.32 Å². The molecule has 0 aliphatic carbocycles. The molecule has 0 bridgehead atoms. The van der Waals surface area contributed by atoms with E-state index in [0.717, 1.165) is 16.7 Å². The van der Waals surface area contributed by atoms with Gasteiger partial charge in [0.2, 0.25) is 10.0 Å². The Kier molecular flexibility index (Phi) is 6.87. The standard InChI is InChI=1S/C24H25FN2O3S/c1-17-4-14-23(15-5-17)31(29,30)27(3)16-19-6-8-21(9-7-19)24(28)26-18(2)20-10-12-22(25)13-11-20/h4-15,18H,16H2,1-3H3,(H,26,28)/t18-/m1/s1. The van der Waals surface area contributed by atoms with Crippen molar-refractivity contribution in [3.8, 4) is 0 Å². The van der Waals surface area contributed by atoms with E-state index >= 15 is 0 Å². The lowest BCUT2D eigenvalue weighted by atomic mass is 10.1. The van der Waals surface area contributed by atoms with Crippen molar-refractivity contribution < 1.29 is 17.6 Å². The number of nitrogens with zero attached hydrogens (tertiary/aromatic N) is 1. The Bertz CT molecular complexity index is 1140. The molecule has 0 aromatic heterocycles. The van der Waals surface area contributed by atoms with E-state index in [9.17, 15) is 17.6 Å². The zero-order chi connectivity index (χ0) is 22.6. The Balaban J connectivity index is 1.64. The van der Waals surface area contributed by atoms with Gasteiger partial charge in [0.25, 0.3) is 5.91 Å². The molecule has 162 valence electrons. The van der Waals surface area contributed by atoms with E-state index in [2.05, 4.69) is 5.32 Å². The van der Waals surface area contributed by atoms with Crippen molar-refractivity contribution in [2.75, 3.05) is 7.05 Å². The van der Waals surface area contributed by atoms with Gasteiger partial charge >= 0.3 is 0 Å². The van der Waals surface area contributed by atoms with E-state index in [1.807, 2.05) is 13.8 Å². The third-order valence-corrected chi connectivity index (χ3v) is 6.89. The Hall–Kier alpha value is -3.03. The van der Waals surface area contributed by atoms with E-state index in [-0.39, 0.29) is 29.2 Å². The smallest absolute Gasteiger partial charge is 0.251 e. The van der Waals surface area contributed by atoms with Crippen LogP contribution in [0.2, 0.25) is 0 Å². The predicted octanol–water partition coefficient (Wildman–Crippen LogP) is 4.45. The minimum atomic E-state index is -3.60. The molecule has 0 heterocycles. The second kappa shape index (κ2) is 9.41. The molecule has 3 rings (SSSR count). The van der Waals surface area contributed by atoms with Crippen LogP contribution in [0.1, 0.15) is 40.0 Å². The van der Waals surface area contributed by atoms with Crippen LogP contribution in [-0.2, 0) is 16.6 Å². The van der Waals surface area contributed by atoms with Gasteiger partial charge in [0.1, 0.15) is 5.82 Å². The van der Waals surface area contributed by atoms with Crippen LogP contribution in [0.4, 0.5) is 4.39 Å². The zero-order valence-corrected chi connectivity index (χ0v) is 18.5. The first-order valence-corrected chi connectivity index (χ1v) is 11.3. The highest BCUT2D eigenvalue weighted by Crippen LogP contribution is 2.18. The minimum absolute atomic E-state index is 0.185. The van der Waals surface area contributed by atoms with Gasteiger partial charge in [0.05, 0.1) is 10.9 Å². The van der Waals surface area contributed by atoms with Gasteiger partial charge < -0.3 is 5.32 Å². The van der Waals surface area contributed by atoms with Gasteiger partial charge in [-0.05, 0) is 61.4 Å². The Morgan fingerprint density at radius 1 is 0.968 bits per heavy atom. The van der Waals surface area contributed by atoms with Crippen LogP contribution in [0.3, 0.4) is 0 Å². The van der Waals surface area contributed by atoms with Crippen LogP contribution in [-0.4, -0.2) is 25.7 Å². The highest BCUT2D eigenvalue weighted by molar-refractivity contribution is 7.89. The molecule has 0 spiro atoms. The molecule has 1 amide bonds. The second-order valence-corrected chi connectivity index (χ2v) is 9.56. The summed E-state index contributed by atoms with van der Waals surface area (Å²) in [7, 11) is -2.07. The van der Waals surface area contributed by atoms with E-state index in [1.165, 1.54) is 23.5 Å². The third-order valence-electron chi connectivity index (χ3n) is 5.07. The summed E-state index contributed by atoms with van der Waals surface area (Å²) in [5, 5.41) is 2.87. The largest absolute Gasteiger partial charge is 0.346 e. The summed E-state index contributed by atoms with van der Waals surface area (Å²) in [6, 6.07) is 19.2. The molecular weight excluding hydrogens is 415 g/mol. The molecule has 7 heteroatoms. The molecule has 0 aliphatic heterocycles. The Labute approximate surface area is 182 Å². The number of aryl methyl sites for hydroxylation is 1. The number of carbonyl (C=O) groups excluding carboxylic acids is 1. The molecule has 5 nitrogen and oxygen atoms in total. The Morgan fingerprint density at radius 2 is 1.55 bits per heavy atom. The average molecular weight is 441 g/mol. The van der Waals surface area contributed by atoms with E-state index in [1.54, 1.807) is 60.7 Å². The topological polar surface area (TPSA) is 66.5 Å². The monoisotopic (exact) mass is 440 g/mol. The first-order chi connectivity index (χ1) is 14.7. The van der Waals surface area contributed by atoms with Crippen molar-refractivity contribution in [3.05, 3.63) is 101 Å². The SMILES string of the molecule is Cc1ccc(S(=O)(=O)N(C)Cc2ccc(C(=O)N[C@H](C)c3ccc(F)cc3)cc2)cc1. The normalized spacial score (nSPS) is 12.5. The second-order valence-electron chi connectivity index (χ2n) is 7.52. The van der Waals surface area contributed by atoms with Gasteiger partial charge in [-0.3, -0.25) is 4.79 Å². The zero-order valence-electron chi connectivity index (χ0n) is 17.7. The van der Waals surface area contributed by atoms with Crippen molar-refractivity contribution in [2.24, 2.45) is 0 Å².